The summed E-state index contributed by atoms with van der Waals surface area (Å²) in [7, 11) is 0. The van der Waals surface area contributed by atoms with E-state index in [4.69, 9.17) is 5.11 Å². The summed E-state index contributed by atoms with van der Waals surface area (Å²) in [5.41, 5.74) is 1.65. The zero-order valence-corrected chi connectivity index (χ0v) is 17.8. The Morgan fingerprint density at radius 3 is 2.25 bits per heavy atom. The first-order chi connectivity index (χ1) is 13.3. The predicted molar refractivity (Wildman–Crippen MR) is 114 cm³/mol. The van der Waals surface area contributed by atoms with Gasteiger partial charge in [-0.3, -0.25) is 14.4 Å². The molecule has 1 amide bonds. The normalized spacial score (nSPS) is 14.0. The second-order valence-electron chi connectivity index (χ2n) is 6.58. The van der Waals surface area contributed by atoms with Gasteiger partial charge < -0.3 is 10.4 Å². The van der Waals surface area contributed by atoms with Crippen molar-refractivity contribution in [3.05, 3.63) is 70.2 Å². The van der Waals surface area contributed by atoms with Crippen molar-refractivity contribution in [3.63, 3.8) is 0 Å². The van der Waals surface area contributed by atoms with Crippen molar-refractivity contribution in [1.29, 1.82) is 0 Å². The molecule has 0 heterocycles. The van der Waals surface area contributed by atoms with Gasteiger partial charge in [-0.15, -0.1) is 0 Å². The van der Waals surface area contributed by atoms with E-state index in [-0.39, 0.29) is 12.2 Å². The van der Waals surface area contributed by atoms with E-state index in [0.717, 1.165) is 15.6 Å². The van der Waals surface area contributed by atoms with Crippen LogP contribution in [0.4, 0.5) is 0 Å². The molecule has 2 rings (SSSR count). The Bertz CT molecular complexity index is 826. The molecule has 0 saturated heterocycles. The first-order valence-corrected chi connectivity index (χ1v) is 10.1. The predicted octanol–water partition coefficient (Wildman–Crippen LogP) is 3.83. The number of aliphatic carboxylic acids is 1. The smallest absolute Gasteiger partial charge is 0.325 e. The molecule has 28 heavy (non-hydrogen) atoms. The van der Waals surface area contributed by atoms with Crippen molar-refractivity contribution < 1.29 is 19.5 Å². The van der Waals surface area contributed by atoms with Crippen LogP contribution in [0, 0.1) is 5.92 Å². The number of ketones is 1. The van der Waals surface area contributed by atoms with Gasteiger partial charge in [-0.05, 0) is 36.6 Å². The fourth-order valence-corrected chi connectivity index (χ4v) is 3.27. The average molecular weight is 464 g/mol. The molecule has 2 N–H and O–H groups in total. The Kier molecular flexibility index (Phi) is 8.26. The van der Waals surface area contributed by atoms with Crippen molar-refractivity contribution in [2.24, 2.45) is 5.92 Å². The van der Waals surface area contributed by atoms with E-state index in [1.54, 1.807) is 0 Å². The summed E-state index contributed by atoms with van der Waals surface area (Å²) in [6.45, 7) is 1.39. The lowest BCUT2D eigenvalue weighted by atomic mass is 9.91. The molecule has 3 atom stereocenters. The molecular weight excluding hydrogens is 442 g/mol. The van der Waals surface area contributed by atoms with Gasteiger partial charge in [0.1, 0.15) is 6.04 Å². The maximum atomic E-state index is 12.7. The van der Waals surface area contributed by atoms with Gasteiger partial charge in [0.05, 0.1) is 5.25 Å². The first-order valence-electron chi connectivity index (χ1n) is 8.81. The topological polar surface area (TPSA) is 83.5 Å². The number of amides is 1. The molecule has 0 saturated carbocycles. The monoisotopic (exact) mass is 463 g/mol. The zero-order valence-electron chi connectivity index (χ0n) is 15.3. The molecular formula is C21H22BrNO4S. The highest BCUT2D eigenvalue weighted by atomic mass is 79.9. The number of hydrogen-bond donors (Lipinski definition) is 3. The van der Waals surface area contributed by atoms with Gasteiger partial charge in [0.2, 0.25) is 5.91 Å². The quantitative estimate of drug-likeness (QED) is 0.493. The summed E-state index contributed by atoms with van der Waals surface area (Å²) in [6.07, 6.45) is 0.295. The number of nitrogens with one attached hydrogen (secondary N) is 1. The fraction of sp³-hybridized carbons (Fsp3) is 0.286. The number of carbonyl (C=O) groups is 3. The molecule has 0 aromatic heterocycles. The van der Waals surface area contributed by atoms with Crippen molar-refractivity contribution in [2.75, 3.05) is 0 Å². The molecule has 0 spiro atoms. The van der Waals surface area contributed by atoms with E-state index in [1.165, 1.54) is 6.92 Å². The summed E-state index contributed by atoms with van der Waals surface area (Å²) in [5, 5.41) is 10.9. The van der Waals surface area contributed by atoms with Crippen LogP contribution in [0.5, 0.6) is 0 Å². The highest BCUT2D eigenvalue weighted by molar-refractivity contribution is 9.10. The molecule has 5 nitrogen and oxygen atoms in total. The van der Waals surface area contributed by atoms with E-state index < -0.39 is 29.1 Å². The SMILES string of the molecule is C[C@H](NC(=O)C(CC(=O)C(S)c1ccccc1)Cc1ccc(Br)cc1)C(=O)O. The van der Waals surface area contributed by atoms with Crippen LogP contribution in [0.25, 0.3) is 0 Å². The largest absolute Gasteiger partial charge is 0.480 e. The number of thiol groups is 1. The molecule has 0 fully saturated rings. The molecule has 148 valence electrons. The minimum absolute atomic E-state index is 0.0305. The maximum Gasteiger partial charge on any atom is 0.325 e. The number of hydrogen-bond acceptors (Lipinski definition) is 4. The number of benzene rings is 2. The van der Waals surface area contributed by atoms with E-state index in [0.29, 0.717) is 6.42 Å². The highest BCUT2D eigenvalue weighted by Crippen LogP contribution is 2.25. The lowest BCUT2D eigenvalue weighted by Gasteiger charge is -2.20. The number of rotatable bonds is 9. The van der Waals surface area contributed by atoms with E-state index in [1.807, 2.05) is 54.6 Å². The van der Waals surface area contributed by atoms with Crippen LogP contribution in [0.3, 0.4) is 0 Å². The van der Waals surface area contributed by atoms with Crippen LogP contribution in [-0.4, -0.2) is 28.8 Å². The maximum absolute atomic E-state index is 12.7. The van der Waals surface area contributed by atoms with E-state index in [9.17, 15) is 14.4 Å². The van der Waals surface area contributed by atoms with Crippen LogP contribution in [0.2, 0.25) is 0 Å². The van der Waals surface area contributed by atoms with Crippen molar-refractivity contribution in [2.45, 2.75) is 31.1 Å². The van der Waals surface area contributed by atoms with Crippen LogP contribution in [0.1, 0.15) is 29.7 Å². The molecule has 2 aromatic carbocycles. The van der Waals surface area contributed by atoms with Gasteiger partial charge in [-0.25, -0.2) is 0 Å². The Labute approximate surface area is 178 Å². The number of carbonyl (C=O) groups excluding carboxylic acids is 2. The third-order valence-electron chi connectivity index (χ3n) is 4.36. The van der Waals surface area contributed by atoms with Crippen molar-refractivity contribution in [1.82, 2.24) is 5.32 Å². The fourth-order valence-electron chi connectivity index (χ4n) is 2.73. The van der Waals surface area contributed by atoms with Gasteiger partial charge in [-0.2, -0.15) is 12.6 Å². The Morgan fingerprint density at radius 2 is 1.68 bits per heavy atom. The molecule has 7 heteroatoms. The van der Waals surface area contributed by atoms with Gasteiger partial charge in [-0.1, -0.05) is 58.4 Å². The van der Waals surface area contributed by atoms with Crippen molar-refractivity contribution in [3.8, 4) is 0 Å². The van der Waals surface area contributed by atoms with Crippen LogP contribution in [0.15, 0.2) is 59.1 Å². The van der Waals surface area contributed by atoms with Crippen LogP contribution >= 0.6 is 28.6 Å². The number of halogens is 1. The lowest BCUT2D eigenvalue weighted by Crippen LogP contribution is -2.43. The average Bonchev–Trinajstić information content (AvgIpc) is 2.68. The minimum atomic E-state index is -1.13. The number of carboxylic acids is 1. The van der Waals surface area contributed by atoms with Gasteiger partial charge in [0, 0.05) is 16.8 Å². The lowest BCUT2D eigenvalue weighted by molar-refractivity contribution is -0.142. The minimum Gasteiger partial charge on any atom is -0.480 e. The number of Topliss-reactive ketones (excluding diaryl/α,β-unsaturated/α-hetero) is 1. The molecule has 0 radical (unpaired) electrons. The summed E-state index contributed by atoms with van der Waals surface area (Å²) < 4.78 is 0.910. The zero-order chi connectivity index (χ0) is 20.7. The Morgan fingerprint density at radius 1 is 1.07 bits per heavy atom. The first kappa shape index (κ1) is 22.2. The van der Waals surface area contributed by atoms with Crippen molar-refractivity contribution >= 4 is 46.2 Å². The molecule has 2 unspecified atom stereocenters. The summed E-state index contributed by atoms with van der Waals surface area (Å²) in [5.74, 6) is -2.46. The molecule has 2 aromatic rings. The summed E-state index contributed by atoms with van der Waals surface area (Å²) in [6, 6.07) is 15.5. The molecule has 0 aliphatic rings. The Balaban J connectivity index is 2.16. The highest BCUT2D eigenvalue weighted by Gasteiger charge is 2.28. The van der Waals surface area contributed by atoms with Crippen LogP contribution in [-0.2, 0) is 20.8 Å². The summed E-state index contributed by atoms with van der Waals surface area (Å²) >= 11 is 7.78. The van der Waals surface area contributed by atoms with Gasteiger partial charge in [0.25, 0.3) is 0 Å². The Hall–Kier alpha value is -2.12. The van der Waals surface area contributed by atoms with E-state index >= 15 is 0 Å². The third kappa shape index (κ3) is 6.49. The third-order valence-corrected chi connectivity index (χ3v) is 5.48. The van der Waals surface area contributed by atoms with Gasteiger partial charge >= 0.3 is 5.97 Å². The van der Waals surface area contributed by atoms with E-state index in [2.05, 4.69) is 33.9 Å². The standard InChI is InChI=1S/C21H22BrNO4S/c1-13(21(26)27)23-20(25)16(11-14-7-9-17(22)10-8-14)12-18(24)19(28)15-5-3-2-4-6-15/h2-10,13,16,19,28H,11-12H2,1H3,(H,23,25)(H,26,27)/t13-,16?,19?/m0/s1. The molecule has 0 aliphatic carbocycles. The van der Waals surface area contributed by atoms with Gasteiger partial charge in [0.15, 0.2) is 5.78 Å². The van der Waals surface area contributed by atoms with Crippen LogP contribution < -0.4 is 5.32 Å². The summed E-state index contributed by atoms with van der Waals surface area (Å²) in [4.78, 5) is 36.5. The second-order valence-corrected chi connectivity index (χ2v) is 8.01. The number of carboxylic acid groups (broad SMARTS) is 1. The molecule has 0 aliphatic heterocycles. The second kappa shape index (κ2) is 10.4. The molecule has 0 bridgehead atoms.